The lowest BCUT2D eigenvalue weighted by Gasteiger charge is -2.36. The molecule has 0 radical (unpaired) electrons. The second-order valence-electron chi connectivity index (χ2n) is 6.36. The number of piperidine rings is 1. The summed E-state index contributed by atoms with van der Waals surface area (Å²) in [6.07, 6.45) is 7.25. The number of esters is 1. The molecule has 0 amide bonds. The van der Waals surface area contributed by atoms with Gasteiger partial charge in [0.15, 0.2) is 0 Å². The van der Waals surface area contributed by atoms with E-state index in [4.69, 9.17) is 4.74 Å². The van der Waals surface area contributed by atoms with Gasteiger partial charge in [0.2, 0.25) is 0 Å². The molecule has 2 aliphatic rings. The van der Waals surface area contributed by atoms with Crippen LogP contribution in [0.3, 0.4) is 0 Å². The van der Waals surface area contributed by atoms with Crippen molar-refractivity contribution >= 4 is 5.97 Å². The van der Waals surface area contributed by atoms with Crippen LogP contribution in [0.4, 0.5) is 0 Å². The predicted molar refractivity (Wildman–Crippen MR) is 76.0 cm³/mol. The molecule has 1 saturated heterocycles. The minimum absolute atomic E-state index is 0.0742. The molecular formula is C15H28N2O2. The minimum atomic E-state index is -0.0742. The Labute approximate surface area is 116 Å². The molecule has 0 bridgehead atoms. The van der Waals surface area contributed by atoms with E-state index in [2.05, 4.69) is 17.3 Å². The molecule has 1 heterocycles. The smallest absolute Gasteiger partial charge is 0.305 e. The number of ether oxygens (including phenoxy) is 1. The topological polar surface area (TPSA) is 41.6 Å². The minimum Gasteiger partial charge on any atom is -0.469 e. The summed E-state index contributed by atoms with van der Waals surface area (Å²) in [6.45, 7) is 3.27. The van der Waals surface area contributed by atoms with Crippen molar-refractivity contribution in [3.63, 3.8) is 0 Å². The first-order valence-corrected chi connectivity index (χ1v) is 7.66. The van der Waals surface area contributed by atoms with Crippen molar-refractivity contribution in [1.82, 2.24) is 10.2 Å². The number of likely N-dealkylation sites (N-methyl/N-ethyl adjacent to an activating group) is 1. The van der Waals surface area contributed by atoms with Crippen molar-refractivity contribution < 1.29 is 9.53 Å². The first-order chi connectivity index (χ1) is 9.17. The molecule has 0 aromatic carbocycles. The maximum atomic E-state index is 11.4. The number of carbonyl (C=O) groups excluding carboxylic acids is 1. The Balaban J connectivity index is 1.74. The van der Waals surface area contributed by atoms with Crippen molar-refractivity contribution in [3.8, 4) is 0 Å². The molecule has 0 aromatic heterocycles. The fourth-order valence-electron chi connectivity index (χ4n) is 3.61. The maximum absolute atomic E-state index is 11.4. The largest absolute Gasteiger partial charge is 0.469 e. The second kappa shape index (κ2) is 7.25. The first-order valence-electron chi connectivity index (χ1n) is 7.66. The van der Waals surface area contributed by atoms with Crippen LogP contribution in [0.1, 0.15) is 38.5 Å². The van der Waals surface area contributed by atoms with Crippen molar-refractivity contribution in [2.75, 3.05) is 33.8 Å². The zero-order chi connectivity index (χ0) is 13.7. The van der Waals surface area contributed by atoms with E-state index >= 15 is 0 Å². The average molecular weight is 268 g/mol. The Morgan fingerprint density at radius 3 is 2.68 bits per heavy atom. The monoisotopic (exact) mass is 268 g/mol. The Hall–Kier alpha value is -0.610. The Morgan fingerprint density at radius 1 is 1.26 bits per heavy atom. The van der Waals surface area contributed by atoms with Gasteiger partial charge in [-0.05, 0) is 44.7 Å². The highest BCUT2D eigenvalue weighted by molar-refractivity contribution is 5.69. The van der Waals surface area contributed by atoms with Crippen LogP contribution in [0.15, 0.2) is 0 Å². The fourth-order valence-corrected chi connectivity index (χ4v) is 3.61. The summed E-state index contributed by atoms with van der Waals surface area (Å²) in [6, 6.07) is 0.536. The van der Waals surface area contributed by atoms with Gasteiger partial charge in [-0.1, -0.05) is 12.8 Å². The van der Waals surface area contributed by atoms with E-state index in [-0.39, 0.29) is 5.97 Å². The Bertz CT molecular complexity index is 290. The van der Waals surface area contributed by atoms with E-state index in [1.54, 1.807) is 0 Å². The number of nitrogens with one attached hydrogen (secondary N) is 1. The Kier molecular flexibility index (Phi) is 5.64. The molecule has 4 nitrogen and oxygen atoms in total. The number of hydrogen-bond acceptors (Lipinski definition) is 4. The molecule has 1 N–H and O–H groups in total. The van der Waals surface area contributed by atoms with Crippen LogP contribution >= 0.6 is 0 Å². The highest BCUT2D eigenvalue weighted by Crippen LogP contribution is 2.25. The third kappa shape index (κ3) is 4.77. The van der Waals surface area contributed by atoms with Gasteiger partial charge in [0.1, 0.15) is 0 Å². The van der Waals surface area contributed by atoms with Gasteiger partial charge < -0.3 is 15.0 Å². The van der Waals surface area contributed by atoms with Crippen LogP contribution in [0.5, 0.6) is 0 Å². The zero-order valence-electron chi connectivity index (χ0n) is 12.4. The number of methoxy groups -OCH3 is 1. The van der Waals surface area contributed by atoms with Gasteiger partial charge in [0, 0.05) is 25.6 Å². The molecule has 2 rings (SSSR count). The normalized spacial score (nSPS) is 29.6. The molecule has 110 valence electrons. The number of hydrogen-bond donors (Lipinski definition) is 1. The van der Waals surface area contributed by atoms with Gasteiger partial charge in [-0.25, -0.2) is 0 Å². The molecule has 1 aliphatic carbocycles. The molecule has 4 heteroatoms. The SMILES string of the molecule is COC(=O)CC1CC(NCC2CCCC2)CN(C)C1. The van der Waals surface area contributed by atoms with Crippen LogP contribution in [0, 0.1) is 11.8 Å². The molecule has 2 fully saturated rings. The van der Waals surface area contributed by atoms with Gasteiger partial charge in [-0.15, -0.1) is 0 Å². The van der Waals surface area contributed by atoms with Crippen LogP contribution < -0.4 is 5.32 Å². The summed E-state index contributed by atoms with van der Waals surface area (Å²) in [5.41, 5.74) is 0. The summed E-state index contributed by atoms with van der Waals surface area (Å²) < 4.78 is 4.79. The lowest BCUT2D eigenvalue weighted by molar-refractivity contribution is -0.142. The summed E-state index contributed by atoms with van der Waals surface area (Å²) in [5.74, 6) is 1.24. The molecule has 1 saturated carbocycles. The number of carbonyl (C=O) groups is 1. The highest BCUT2D eigenvalue weighted by atomic mass is 16.5. The third-order valence-corrected chi connectivity index (χ3v) is 4.57. The van der Waals surface area contributed by atoms with Crippen molar-refractivity contribution in [3.05, 3.63) is 0 Å². The maximum Gasteiger partial charge on any atom is 0.305 e. The zero-order valence-corrected chi connectivity index (χ0v) is 12.4. The summed E-state index contributed by atoms with van der Waals surface area (Å²) in [5, 5.41) is 3.72. The number of nitrogens with zero attached hydrogens (tertiary/aromatic N) is 1. The molecule has 0 spiro atoms. The van der Waals surface area contributed by atoms with Gasteiger partial charge in [-0.2, -0.15) is 0 Å². The highest BCUT2D eigenvalue weighted by Gasteiger charge is 2.27. The van der Waals surface area contributed by atoms with Gasteiger partial charge in [0.25, 0.3) is 0 Å². The van der Waals surface area contributed by atoms with Crippen LogP contribution in [-0.2, 0) is 9.53 Å². The van der Waals surface area contributed by atoms with E-state index < -0.39 is 0 Å². The lowest BCUT2D eigenvalue weighted by Crippen LogP contribution is -2.49. The van der Waals surface area contributed by atoms with E-state index in [0.29, 0.717) is 18.4 Å². The quantitative estimate of drug-likeness (QED) is 0.770. The third-order valence-electron chi connectivity index (χ3n) is 4.57. The molecule has 2 unspecified atom stereocenters. The van der Waals surface area contributed by atoms with Gasteiger partial charge >= 0.3 is 5.97 Å². The molecular weight excluding hydrogens is 240 g/mol. The second-order valence-corrected chi connectivity index (χ2v) is 6.36. The fraction of sp³-hybridized carbons (Fsp3) is 0.933. The summed E-state index contributed by atoms with van der Waals surface area (Å²) in [4.78, 5) is 13.7. The van der Waals surface area contributed by atoms with Crippen LogP contribution in [0.25, 0.3) is 0 Å². The van der Waals surface area contributed by atoms with E-state index in [1.807, 2.05) is 0 Å². The average Bonchev–Trinajstić information content (AvgIpc) is 2.88. The van der Waals surface area contributed by atoms with Crippen molar-refractivity contribution in [1.29, 1.82) is 0 Å². The summed E-state index contributed by atoms with van der Waals surface area (Å²) in [7, 11) is 3.62. The molecule has 2 atom stereocenters. The van der Waals surface area contributed by atoms with E-state index in [0.717, 1.165) is 32.0 Å². The van der Waals surface area contributed by atoms with Crippen molar-refractivity contribution in [2.24, 2.45) is 11.8 Å². The molecule has 19 heavy (non-hydrogen) atoms. The lowest BCUT2D eigenvalue weighted by atomic mass is 9.91. The van der Waals surface area contributed by atoms with Crippen molar-refractivity contribution in [2.45, 2.75) is 44.6 Å². The predicted octanol–water partition coefficient (Wildman–Crippen LogP) is 1.65. The molecule has 0 aromatic rings. The van der Waals surface area contributed by atoms with E-state index in [9.17, 15) is 4.79 Å². The van der Waals surface area contributed by atoms with E-state index in [1.165, 1.54) is 32.8 Å². The number of likely N-dealkylation sites (tertiary alicyclic amines) is 1. The van der Waals surface area contributed by atoms with Gasteiger partial charge in [-0.3, -0.25) is 4.79 Å². The number of rotatable bonds is 5. The molecule has 1 aliphatic heterocycles. The van der Waals surface area contributed by atoms with Gasteiger partial charge in [0.05, 0.1) is 7.11 Å². The Morgan fingerprint density at radius 2 is 2.00 bits per heavy atom. The van der Waals surface area contributed by atoms with Crippen LogP contribution in [0.2, 0.25) is 0 Å². The first kappa shape index (κ1) is 14.8. The van der Waals surface area contributed by atoms with Crippen LogP contribution in [-0.4, -0.2) is 50.7 Å². The standard InChI is InChI=1S/C15H28N2O2/c1-17-10-13(8-15(18)19-2)7-14(11-17)16-9-12-5-3-4-6-12/h12-14,16H,3-11H2,1-2H3. The summed E-state index contributed by atoms with van der Waals surface area (Å²) >= 11 is 0.